The number of hydrogen-bond acceptors (Lipinski definition) is 12. The molecule has 4 aliphatic heterocycles. The fraction of sp³-hybridized carbons (Fsp3) is 0.435. The van der Waals surface area contributed by atoms with E-state index in [0.29, 0.717) is 88.1 Å². The van der Waals surface area contributed by atoms with Crippen molar-refractivity contribution in [3.05, 3.63) is 101 Å². The third-order valence-corrected chi connectivity index (χ3v) is 12.5. The minimum atomic E-state index is -0.376. The monoisotopic (exact) mass is 833 g/mol. The zero-order valence-corrected chi connectivity index (χ0v) is 35.3. The van der Waals surface area contributed by atoms with Gasteiger partial charge in [0.2, 0.25) is 23.4 Å². The smallest absolute Gasteiger partial charge is 0.249 e. The highest BCUT2D eigenvalue weighted by atomic mass is 16.5. The predicted molar refractivity (Wildman–Crippen MR) is 237 cm³/mol. The van der Waals surface area contributed by atoms with Crippen molar-refractivity contribution in [1.29, 1.82) is 0 Å². The van der Waals surface area contributed by atoms with Crippen LogP contribution < -0.4 is 32.2 Å². The number of rotatable bonds is 14. The van der Waals surface area contributed by atoms with Gasteiger partial charge in [-0.15, -0.1) is 0 Å². The average molecular weight is 834 g/mol. The van der Waals surface area contributed by atoms with Crippen molar-refractivity contribution in [1.82, 2.24) is 24.9 Å². The molecule has 324 valence electrons. The third-order valence-electron chi connectivity index (χ3n) is 12.5. The second kappa shape index (κ2) is 19.5. The molecule has 1 unspecified atom stereocenters. The van der Waals surface area contributed by atoms with Gasteiger partial charge in [-0.05, 0) is 80.6 Å². The number of allylic oxidation sites excluding steroid dienone is 1. The number of ether oxygens (including phenoxy) is 1. The number of likely N-dealkylation sites (N-methyl/N-ethyl adjacent to an activating group) is 1. The van der Waals surface area contributed by atoms with Crippen LogP contribution in [0.5, 0.6) is 11.5 Å². The number of benzene rings is 3. The van der Waals surface area contributed by atoms with E-state index in [4.69, 9.17) is 21.9 Å². The van der Waals surface area contributed by atoms with Gasteiger partial charge in [0.05, 0.1) is 31.0 Å². The summed E-state index contributed by atoms with van der Waals surface area (Å²) in [4.78, 5) is 48.8. The Morgan fingerprint density at radius 2 is 1.70 bits per heavy atom. The number of nitrogens with two attached hydrogens (primary N) is 3. The van der Waals surface area contributed by atoms with Gasteiger partial charge < -0.3 is 41.7 Å². The van der Waals surface area contributed by atoms with Crippen molar-refractivity contribution in [2.45, 2.75) is 51.1 Å². The minimum absolute atomic E-state index is 0.0833. The number of hydrogen-bond donors (Lipinski definition) is 5. The van der Waals surface area contributed by atoms with E-state index in [0.717, 1.165) is 68.3 Å². The number of likely N-dealkylation sites (tertiary alicyclic amines) is 1. The molecule has 15 heteroatoms. The first kappa shape index (κ1) is 43.0. The van der Waals surface area contributed by atoms with E-state index in [1.807, 2.05) is 39.5 Å². The van der Waals surface area contributed by atoms with Crippen LogP contribution in [0.25, 0.3) is 5.70 Å². The van der Waals surface area contributed by atoms with Crippen molar-refractivity contribution in [3.8, 4) is 11.5 Å². The molecule has 3 amide bonds. The van der Waals surface area contributed by atoms with Gasteiger partial charge in [0.1, 0.15) is 36.7 Å². The highest BCUT2D eigenvalue weighted by Crippen LogP contribution is 2.43. The van der Waals surface area contributed by atoms with Gasteiger partial charge in [-0.1, -0.05) is 36.4 Å². The van der Waals surface area contributed by atoms with Crippen molar-refractivity contribution in [3.63, 3.8) is 0 Å². The highest BCUT2D eigenvalue weighted by Gasteiger charge is 2.36. The van der Waals surface area contributed by atoms with Crippen LogP contribution in [0.4, 0.5) is 11.4 Å². The average Bonchev–Trinajstić information content (AvgIpc) is 3.26. The van der Waals surface area contributed by atoms with E-state index >= 15 is 0 Å². The Labute approximate surface area is 358 Å². The number of nitrogens with one attached hydrogen (secondary N) is 1. The molecule has 15 nitrogen and oxygen atoms in total. The van der Waals surface area contributed by atoms with Crippen molar-refractivity contribution < 1.29 is 28.8 Å². The topological polar surface area (TPSA) is 190 Å². The molecule has 7 rings (SSSR count). The molecule has 1 atom stereocenters. The Morgan fingerprint density at radius 1 is 0.951 bits per heavy atom. The Balaban J connectivity index is 0.861. The quantitative estimate of drug-likeness (QED) is 0.0693. The van der Waals surface area contributed by atoms with Gasteiger partial charge in [-0.3, -0.25) is 29.5 Å². The summed E-state index contributed by atoms with van der Waals surface area (Å²) in [7, 11) is 0. The lowest BCUT2D eigenvalue weighted by molar-refractivity contribution is -0.431. The number of nitrogens with zero attached hydrogens (tertiary/aromatic N) is 6. The molecule has 0 spiro atoms. The molecular formula is C46H61N10O5+. The fourth-order valence-corrected chi connectivity index (χ4v) is 8.99. The number of para-hydroxylation sites is 2. The van der Waals surface area contributed by atoms with Gasteiger partial charge in [0.15, 0.2) is 6.54 Å². The second-order valence-corrected chi connectivity index (χ2v) is 16.4. The summed E-state index contributed by atoms with van der Waals surface area (Å²) in [5.74, 6) is 1.11. The molecule has 0 radical (unpaired) electrons. The Kier molecular flexibility index (Phi) is 13.8. The van der Waals surface area contributed by atoms with Gasteiger partial charge in [-0.25, -0.2) is 4.58 Å². The molecule has 0 aromatic heterocycles. The number of anilines is 1. The number of carbonyl (C=O) groups is 3. The van der Waals surface area contributed by atoms with Gasteiger partial charge in [-0.2, -0.15) is 0 Å². The van der Waals surface area contributed by atoms with Crippen molar-refractivity contribution in [2.24, 2.45) is 17.2 Å². The van der Waals surface area contributed by atoms with Crippen molar-refractivity contribution in [2.75, 3.05) is 83.5 Å². The molecule has 4 aliphatic rings. The lowest BCUT2D eigenvalue weighted by atomic mass is 9.87. The maximum Gasteiger partial charge on any atom is 0.249 e. The molecule has 3 saturated heterocycles. The summed E-state index contributed by atoms with van der Waals surface area (Å²) in [5, 5.41) is 12.8. The number of fused-ring (bicyclic) bond motifs is 1. The van der Waals surface area contributed by atoms with Crippen LogP contribution in [-0.4, -0.2) is 138 Å². The number of phenols is 1. The first-order valence-electron chi connectivity index (χ1n) is 21.5. The molecule has 0 aliphatic carbocycles. The van der Waals surface area contributed by atoms with E-state index in [-0.39, 0.29) is 35.3 Å². The number of piperazine rings is 1. The molecule has 61 heavy (non-hydrogen) atoms. The van der Waals surface area contributed by atoms with Crippen LogP contribution in [0.15, 0.2) is 84.3 Å². The fourth-order valence-electron chi connectivity index (χ4n) is 8.99. The lowest BCUT2D eigenvalue weighted by Crippen LogP contribution is -2.54. The summed E-state index contributed by atoms with van der Waals surface area (Å²) in [6.07, 6.45) is 4.40. The lowest BCUT2D eigenvalue weighted by Gasteiger charge is -2.40. The summed E-state index contributed by atoms with van der Waals surface area (Å²) >= 11 is 0. The molecule has 3 fully saturated rings. The Bertz CT molecular complexity index is 2150. The van der Waals surface area contributed by atoms with Gasteiger partial charge >= 0.3 is 0 Å². The summed E-state index contributed by atoms with van der Waals surface area (Å²) in [5.41, 5.74) is 24.3. The van der Waals surface area contributed by atoms with E-state index in [1.165, 1.54) is 5.56 Å². The molecule has 4 heterocycles. The zero-order chi connectivity index (χ0) is 43.0. The van der Waals surface area contributed by atoms with E-state index in [9.17, 15) is 19.5 Å². The number of aromatic hydroxyl groups is 1. The summed E-state index contributed by atoms with van der Waals surface area (Å²) in [6, 6.07) is 21.1. The maximum absolute atomic E-state index is 13.5. The summed E-state index contributed by atoms with van der Waals surface area (Å²) < 4.78 is 8.20. The van der Waals surface area contributed by atoms with Gasteiger partial charge in [0.25, 0.3) is 0 Å². The predicted octanol–water partition coefficient (Wildman–Crippen LogP) is 2.67. The van der Waals surface area contributed by atoms with Crippen molar-refractivity contribution >= 4 is 41.5 Å². The highest BCUT2D eigenvalue weighted by molar-refractivity contribution is 6.02. The van der Waals surface area contributed by atoms with E-state index < -0.39 is 0 Å². The largest absolute Gasteiger partial charge is 0.507 e. The third kappa shape index (κ3) is 10.3. The van der Waals surface area contributed by atoms with Crippen LogP contribution in [0.2, 0.25) is 0 Å². The van der Waals surface area contributed by atoms with Gasteiger partial charge in [0, 0.05) is 69.1 Å². The van der Waals surface area contributed by atoms with Crippen LogP contribution in [0, 0.1) is 0 Å². The molecule has 0 bridgehead atoms. The first-order chi connectivity index (χ1) is 29.5. The van der Waals surface area contributed by atoms with Crippen LogP contribution in [0.3, 0.4) is 0 Å². The zero-order valence-electron chi connectivity index (χ0n) is 35.3. The maximum atomic E-state index is 13.5. The van der Waals surface area contributed by atoms with E-state index in [2.05, 4.69) is 57.1 Å². The first-order valence-corrected chi connectivity index (χ1v) is 21.5. The number of piperidine rings is 2. The van der Waals surface area contributed by atoms with Crippen LogP contribution in [-0.2, 0) is 20.9 Å². The second-order valence-electron chi connectivity index (χ2n) is 16.4. The number of amides is 3. The number of phenolic OH excluding ortho intramolecular Hbond substituents is 1. The SMILES string of the molecule is C=[N+](CCN(CC)C(/C=C(\N)c1ccccc1O)=C(N)N)c1cccc(CN2CCN(C(=O)CN3CCC(c4cccc5c4OCCN5C4CCC(=O)NC4=O)CC3)CC2)c1. The number of imide groups is 1. The Morgan fingerprint density at radius 3 is 2.43 bits per heavy atom. The molecule has 3 aromatic carbocycles. The molecule has 3 aromatic rings. The molecule has 0 saturated carbocycles. The minimum Gasteiger partial charge on any atom is -0.507 e. The van der Waals surface area contributed by atoms with E-state index in [1.54, 1.807) is 24.3 Å². The standard InChI is InChI=1S/C46H60N10O5/c1-3-54(40(45(48)49)29-37(47)36-10-4-5-13-41(36)57)23-20-51(2)34-9-6-8-32(28-34)30-53-21-24-55(25-22-53)43(59)31-52-18-16-33(17-19-52)35-11-7-12-38-44(35)61-27-26-56(38)39-14-15-42(58)50-46(39)60/h4-13,28-29,33,39H,2-3,14-27,30-31,47-49H2,1H3,(H-,50,57,58,60)/p+1/b37-29-. The Hall–Kier alpha value is -6.06. The molecule has 8 N–H and O–H groups in total. The normalized spacial score (nSPS) is 19.2. The number of carbonyl (C=O) groups excluding carboxylic acids is 3. The molecular weight excluding hydrogens is 773 g/mol. The summed E-state index contributed by atoms with van der Waals surface area (Å²) in [6.45, 7) is 15.1. The van der Waals surface area contributed by atoms with Crippen LogP contribution in [0.1, 0.15) is 55.2 Å². The van der Waals surface area contributed by atoms with Crippen LogP contribution >= 0.6 is 0 Å².